The highest BCUT2D eigenvalue weighted by Gasteiger charge is 2.34. The molecule has 2 atom stereocenters. The van der Waals surface area contributed by atoms with Crippen molar-refractivity contribution in [2.45, 2.75) is 52.5 Å². The van der Waals surface area contributed by atoms with Crippen molar-refractivity contribution >= 4 is 33.2 Å². The van der Waals surface area contributed by atoms with Crippen molar-refractivity contribution in [3.63, 3.8) is 0 Å². The molecule has 1 N–H and O–H groups in total. The standard InChI is InChI=1S/C16H22BrClFN/c1-16(2,3)11-6-4-5-7-14(11)20-15-12(17)8-10(19)9-13(15)18/h8-9,11,14,20H,4-7H2,1-3H3. The summed E-state index contributed by atoms with van der Waals surface area (Å²) in [6.45, 7) is 6.87. The van der Waals surface area contributed by atoms with E-state index in [1.807, 2.05) is 0 Å². The van der Waals surface area contributed by atoms with Crippen molar-refractivity contribution in [1.82, 2.24) is 0 Å². The van der Waals surface area contributed by atoms with Gasteiger partial charge >= 0.3 is 0 Å². The summed E-state index contributed by atoms with van der Waals surface area (Å²) in [4.78, 5) is 0. The van der Waals surface area contributed by atoms with E-state index in [4.69, 9.17) is 11.6 Å². The first-order valence-corrected chi connectivity index (χ1v) is 8.37. The third-order valence-electron chi connectivity index (χ3n) is 4.21. The SMILES string of the molecule is CC(C)(C)C1CCCCC1Nc1c(Cl)cc(F)cc1Br. The number of benzene rings is 1. The van der Waals surface area contributed by atoms with Gasteiger partial charge in [0.25, 0.3) is 0 Å². The lowest BCUT2D eigenvalue weighted by Gasteiger charge is -2.41. The van der Waals surface area contributed by atoms with Gasteiger partial charge in [0, 0.05) is 10.5 Å². The van der Waals surface area contributed by atoms with E-state index in [1.165, 1.54) is 31.4 Å². The summed E-state index contributed by atoms with van der Waals surface area (Å²) in [5.41, 5.74) is 1.08. The van der Waals surface area contributed by atoms with Crippen molar-refractivity contribution in [3.05, 3.63) is 27.4 Å². The van der Waals surface area contributed by atoms with Gasteiger partial charge in [0.15, 0.2) is 0 Å². The van der Waals surface area contributed by atoms with Crippen LogP contribution in [-0.4, -0.2) is 6.04 Å². The van der Waals surface area contributed by atoms with Crippen LogP contribution >= 0.6 is 27.5 Å². The lowest BCUT2D eigenvalue weighted by atomic mass is 9.69. The van der Waals surface area contributed by atoms with Crippen LogP contribution in [-0.2, 0) is 0 Å². The molecular weight excluding hydrogens is 341 g/mol. The summed E-state index contributed by atoms with van der Waals surface area (Å²) in [5, 5.41) is 4.00. The fourth-order valence-electron chi connectivity index (χ4n) is 3.21. The van der Waals surface area contributed by atoms with Gasteiger partial charge < -0.3 is 5.32 Å². The molecule has 20 heavy (non-hydrogen) atoms. The number of hydrogen-bond acceptors (Lipinski definition) is 1. The van der Waals surface area contributed by atoms with Crippen LogP contribution in [0.5, 0.6) is 0 Å². The molecule has 1 aliphatic rings. The molecule has 0 saturated heterocycles. The number of rotatable bonds is 2. The predicted octanol–water partition coefficient (Wildman–Crippen LogP) is 6.26. The van der Waals surface area contributed by atoms with Crippen LogP contribution in [0.3, 0.4) is 0 Å². The Hall–Kier alpha value is -0.280. The van der Waals surface area contributed by atoms with Gasteiger partial charge in [-0.05, 0) is 52.2 Å². The van der Waals surface area contributed by atoms with Crippen molar-refractivity contribution in [1.29, 1.82) is 0 Å². The summed E-state index contributed by atoms with van der Waals surface area (Å²) in [7, 11) is 0. The molecule has 1 fully saturated rings. The molecule has 2 rings (SSSR count). The molecule has 1 aliphatic carbocycles. The second kappa shape index (κ2) is 6.23. The summed E-state index contributed by atoms with van der Waals surface area (Å²) >= 11 is 9.59. The predicted molar refractivity (Wildman–Crippen MR) is 87.9 cm³/mol. The largest absolute Gasteiger partial charge is 0.380 e. The Balaban J connectivity index is 2.23. The summed E-state index contributed by atoms with van der Waals surface area (Å²) in [6, 6.07) is 3.22. The van der Waals surface area contributed by atoms with Gasteiger partial charge in [-0.3, -0.25) is 0 Å². The van der Waals surface area contributed by atoms with E-state index in [9.17, 15) is 4.39 Å². The lowest BCUT2D eigenvalue weighted by molar-refractivity contribution is 0.163. The molecule has 0 heterocycles. The van der Waals surface area contributed by atoms with Crippen LogP contribution in [0, 0.1) is 17.2 Å². The normalized spacial score (nSPS) is 23.7. The Morgan fingerprint density at radius 3 is 2.50 bits per heavy atom. The van der Waals surface area contributed by atoms with E-state index in [2.05, 4.69) is 42.0 Å². The Morgan fingerprint density at radius 2 is 1.90 bits per heavy atom. The van der Waals surface area contributed by atoms with Gasteiger partial charge in [-0.25, -0.2) is 4.39 Å². The maximum atomic E-state index is 13.3. The molecule has 0 bridgehead atoms. The quantitative estimate of drug-likeness (QED) is 0.655. The number of halogens is 3. The van der Waals surface area contributed by atoms with Gasteiger partial charge in [-0.1, -0.05) is 45.2 Å². The Labute approximate surface area is 134 Å². The van der Waals surface area contributed by atoms with Gasteiger partial charge in [0.1, 0.15) is 5.82 Å². The van der Waals surface area contributed by atoms with Gasteiger partial charge in [0.2, 0.25) is 0 Å². The molecule has 1 aromatic rings. The van der Waals surface area contributed by atoms with Crippen LogP contribution in [0.4, 0.5) is 10.1 Å². The zero-order valence-corrected chi connectivity index (χ0v) is 14.6. The molecule has 2 unspecified atom stereocenters. The molecule has 0 aromatic heterocycles. The molecule has 1 nitrogen and oxygen atoms in total. The van der Waals surface area contributed by atoms with E-state index >= 15 is 0 Å². The van der Waals surface area contributed by atoms with Crippen molar-refractivity contribution in [2.75, 3.05) is 5.32 Å². The number of anilines is 1. The highest BCUT2D eigenvalue weighted by molar-refractivity contribution is 9.10. The van der Waals surface area contributed by atoms with Gasteiger partial charge in [0.05, 0.1) is 10.7 Å². The van der Waals surface area contributed by atoms with Crippen LogP contribution in [0.15, 0.2) is 16.6 Å². The molecule has 112 valence electrons. The third-order valence-corrected chi connectivity index (χ3v) is 5.14. The summed E-state index contributed by atoms with van der Waals surface area (Å²) in [6.07, 6.45) is 4.90. The Kier molecular flexibility index (Phi) is 5.01. The Bertz CT molecular complexity index is 461. The van der Waals surface area contributed by atoms with Crippen molar-refractivity contribution < 1.29 is 4.39 Å². The summed E-state index contributed by atoms with van der Waals surface area (Å²) < 4.78 is 14.0. The molecule has 0 spiro atoms. The molecule has 0 aliphatic heterocycles. The second-order valence-corrected chi connectivity index (χ2v) is 8.01. The molecule has 0 radical (unpaired) electrons. The summed E-state index contributed by atoms with van der Waals surface area (Å²) in [5.74, 6) is 0.285. The minimum Gasteiger partial charge on any atom is -0.380 e. The van der Waals surface area contributed by atoms with E-state index in [1.54, 1.807) is 0 Å². The first kappa shape index (κ1) is 16.1. The molecular formula is C16H22BrClFN. The average molecular weight is 363 g/mol. The van der Waals surface area contributed by atoms with E-state index in [0.717, 1.165) is 12.1 Å². The number of nitrogens with one attached hydrogen (secondary N) is 1. The monoisotopic (exact) mass is 361 g/mol. The third kappa shape index (κ3) is 3.67. The minimum absolute atomic E-state index is 0.261. The maximum Gasteiger partial charge on any atom is 0.125 e. The van der Waals surface area contributed by atoms with Gasteiger partial charge in [-0.2, -0.15) is 0 Å². The Morgan fingerprint density at radius 1 is 1.25 bits per heavy atom. The lowest BCUT2D eigenvalue weighted by Crippen LogP contribution is -2.39. The first-order valence-electron chi connectivity index (χ1n) is 7.20. The zero-order valence-electron chi connectivity index (χ0n) is 12.3. The fourth-order valence-corrected chi connectivity index (χ4v) is 4.13. The molecule has 0 amide bonds. The van der Waals surface area contributed by atoms with Crippen LogP contribution in [0.1, 0.15) is 46.5 Å². The first-order chi connectivity index (χ1) is 9.29. The van der Waals surface area contributed by atoms with Crippen LogP contribution < -0.4 is 5.32 Å². The average Bonchev–Trinajstić information content (AvgIpc) is 2.33. The van der Waals surface area contributed by atoms with Gasteiger partial charge in [-0.15, -0.1) is 0 Å². The molecule has 1 aromatic carbocycles. The smallest absolute Gasteiger partial charge is 0.125 e. The maximum absolute atomic E-state index is 13.3. The van der Waals surface area contributed by atoms with Crippen LogP contribution in [0.2, 0.25) is 5.02 Å². The highest BCUT2D eigenvalue weighted by Crippen LogP contribution is 2.41. The topological polar surface area (TPSA) is 12.0 Å². The second-order valence-electron chi connectivity index (χ2n) is 6.75. The molecule has 1 saturated carbocycles. The van der Waals surface area contributed by atoms with Crippen molar-refractivity contribution in [2.24, 2.45) is 11.3 Å². The molecule has 4 heteroatoms. The van der Waals surface area contributed by atoms with Crippen molar-refractivity contribution in [3.8, 4) is 0 Å². The van der Waals surface area contributed by atoms with Crippen LogP contribution in [0.25, 0.3) is 0 Å². The van der Waals surface area contributed by atoms with E-state index in [0.29, 0.717) is 21.5 Å². The zero-order chi connectivity index (χ0) is 14.9. The number of hydrogen-bond donors (Lipinski definition) is 1. The minimum atomic E-state index is -0.316. The fraction of sp³-hybridized carbons (Fsp3) is 0.625. The van der Waals surface area contributed by atoms with E-state index in [-0.39, 0.29) is 11.2 Å². The van der Waals surface area contributed by atoms with E-state index < -0.39 is 0 Å². The highest BCUT2D eigenvalue weighted by atomic mass is 79.9.